The van der Waals surface area contributed by atoms with Gasteiger partial charge in [0.25, 0.3) is 5.91 Å². The summed E-state index contributed by atoms with van der Waals surface area (Å²) < 4.78 is 5.53. The number of piperidine rings is 1. The maximum atomic E-state index is 12.5. The summed E-state index contributed by atoms with van der Waals surface area (Å²) in [5, 5.41) is 5.99. The number of hydrogen-bond acceptors (Lipinski definition) is 4. The Labute approximate surface area is 149 Å². The first kappa shape index (κ1) is 19.2. The molecule has 6 heteroatoms. The van der Waals surface area contributed by atoms with Crippen molar-refractivity contribution in [2.75, 3.05) is 32.8 Å². The molecule has 2 N–H and O–H groups in total. The molecule has 1 aliphatic heterocycles. The van der Waals surface area contributed by atoms with Crippen LogP contribution in [-0.2, 0) is 4.79 Å². The van der Waals surface area contributed by atoms with E-state index in [1.165, 1.54) is 0 Å². The molecule has 25 heavy (non-hydrogen) atoms. The van der Waals surface area contributed by atoms with Crippen molar-refractivity contribution in [3.63, 3.8) is 0 Å². The number of benzene rings is 1. The molecule has 0 unspecified atom stereocenters. The minimum atomic E-state index is -0.0943. The average Bonchev–Trinajstić information content (AvgIpc) is 2.62. The number of nitrogens with zero attached hydrogens (tertiary/aromatic N) is 1. The number of hydrogen-bond donors (Lipinski definition) is 2. The largest absolute Gasteiger partial charge is 0.493 e. The number of carbonyl (C=O) groups excluding carboxylic acids is 2. The Hall–Kier alpha value is -2.08. The maximum absolute atomic E-state index is 12.5. The van der Waals surface area contributed by atoms with Crippen molar-refractivity contribution in [2.24, 2.45) is 0 Å². The summed E-state index contributed by atoms with van der Waals surface area (Å²) in [6.45, 7) is 7.27. The van der Waals surface area contributed by atoms with Gasteiger partial charge in [-0.25, -0.2) is 0 Å². The van der Waals surface area contributed by atoms with Crippen LogP contribution in [0.25, 0.3) is 0 Å². The normalized spacial score (nSPS) is 15.6. The molecule has 0 aliphatic carbocycles. The third-order valence-corrected chi connectivity index (χ3v) is 4.29. The number of likely N-dealkylation sites (tertiary alicyclic amines) is 1. The molecule has 0 radical (unpaired) electrons. The van der Waals surface area contributed by atoms with Gasteiger partial charge < -0.3 is 15.4 Å². The first-order valence-corrected chi connectivity index (χ1v) is 9.15. The van der Waals surface area contributed by atoms with Crippen molar-refractivity contribution in [2.45, 2.75) is 39.2 Å². The second-order valence-corrected chi connectivity index (χ2v) is 6.30. The number of amides is 2. The van der Waals surface area contributed by atoms with E-state index < -0.39 is 0 Å². The molecule has 1 fully saturated rings. The third-order valence-electron chi connectivity index (χ3n) is 4.29. The van der Waals surface area contributed by atoms with Crippen molar-refractivity contribution >= 4 is 11.8 Å². The van der Waals surface area contributed by atoms with Crippen molar-refractivity contribution in [3.05, 3.63) is 29.8 Å². The number of nitrogens with one attached hydrogen (secondary N) is 2. The van der Waals surface area contributed by atoms with E-state index in [4.69, 9.17) is 4.74 Å². The summed E-state index contributed by atoms with van der Waals surface area (Å²) in [5.74, 6) is 0.602. The first-order chi connectivity index (χ1) is 12.1. The summed E-state index contributed by atoms with van der Waals surface area (Å²) in [6.07, 6.45) is 2.65. The molecule has 0 aromatic heterocycles. The highest BCUT2D eigenvalue weighted by atomic mass is 16.5. The number of para-hydroxylation sites is 1. The van der Waals surface area contributed by atoms with E-state index in [1.54, 1.807) is 6.07 Å². The van der Waals surface area contributed by atoms with Crippen LogP contribution in [0.1, 0.15) is 43.5 Å². The van der Waals surface area contributed by atoms with Crippen molar-refractivity contribution in [3.8, 4) is 5.75 Å². The molecular weight excluding hydrogens is 318 g/mol. The van der Waals surface area contributed by atoms with Gasteiger partial charge in [-0.15, -0.1) is 0 Å². The van der Waals surface area contributed by atoms with Crippen LogP contribution in [0.5, 0.6) is 5.75 Å². The molecule has 1 heterocycles. The van der Waals surface area contributed by atoms with Crippen LogP contribution in [0.4, 0.5) is 0 Å². The molecule has 0 bridgehead atoms. The average molecular weight is 347 g/mol. The lowest BCUT2D eigenvalue weighted by Gasteiger charge is -2.32. The van der Waals surface area contributed by atoms with Gasteiger partial charge in [0.15, 0.2) is 0 Å². The van der Waals surface area contributed by atoms with Gasteiger partial charge in [0.1, 0.15) is 5.75 Å². The highest BCUT2D eigenvalue weighted by Crippen LogP contribution is 2.19. The van der Waals surface area contributed by atoms with Gasteiger partial charge in [-0.1, -0.05) is 19.1 Å². The molecule has 1 aliphatic rings. The summed E-state index contributed by atoms with van der Waals surface area (Å²) in [5.41, 5.74) is 0.575. The van der Waals surface area contributed by atoms with Crippen LogP contribution in [0, 0.1) is 0 Å². The van der Waals surface area contributed by atoms with E-state index >= 15 is 0 Å². The number of ether oxygens (including phenoxy) is 1. The lowest BCUT2D eigenvalue weighted by Crippen LogP contribution is -2.47. The van der Waals surface area contributed by atoms with Crippen LogP contribution in [0.15, 0.2) is 24.3 Å². The van der Waals surface area contributed by atoms with Crippen LogP contribution < -0.4 is 15.4 Å². The van der Waals surface area contributed by atoms with E-state index in [2.05, 4.69) is 15.5 Å². The zero-order chi connectivity index (χ0) is 18.1. The fourth-order valence-electron chi connectivity index (χ4n) is 2.96. The van der Waals surface area contributed by atoms with Gasteiger partial charge >= 0.3 is 0 Å². The standard InChI is InChI=1S/C19H29N3O3/c1-3-11-20-18(23)14-22-12-9-15(10-13-22)21-19(24)16-7-5-6-8-17(16)25-4-2/h5-8,15H,3-4,9-14H2,1-2H3,(H,20,23)(H,21,24). The van der Waals surface area contributed by atoms with Crippen LogP contribution in [-0.4, -0.2) is 55.5 Å². The Morgan fingerprint density at radius 3 is 2.60 bits per heavy atom. The monoisotopic (exact) mass is 347 g/mol. The minimum Gasteiger partial charge on any atom is -0.493 e. The lowest BCUT2D eigenvalue weighted by molar-refractivity contribution is -0.122. The highest BCUT2D eigenvalue weighted by Gasteiger charge is 2.23. The third kappa shape index (κ3) is 6.05. The predicted octanol–water partition coefficient (Wildman–Crippen LogP) is 1.81. The van der Waals surface area contributed by atoms with Gasteiger partial charge in [-0.05, 0) is 38.3 Å². The molecule has 1 aromatic rings. The van der Waals surface area contributed by atoms with E-state index in [9.17, 15) is 9.59 Å². The van der Waals surface area contributed by atoms with Gasteiger partial charge in [-0.3, -0.25) is 14.5 Å². The van der Waals surface area contributed by atoms with E-state index in [-0.39, 0.29) is 17.9 Å². The van der Waals surface area contributed by atoms with Crippen molar-refractivity contribution in [1.82, 2.24) is 15.5 Å². The van der Waals surface area contributed by atoms with E-state index in [0.717, 1.165) is 38.9 Å². The molecule has 1 aromatic carbocycles. The van der Waals surface area contributed by atoms with Crippen LogP contribution in [0.2, 0.25) is 0 Å². The zero-order valence-corrected chi connectivity index (χ0v) is 15.2. The Morgan fingerprint density at radius 1 is 1.20 bits per heavy atom. The quantitative estimate of drug-likeness (QED) is 0.752. The Bertz CT molecular complexity index is 569. The maximum Gasteiger partial charge on any atom is 0.255 e. The summed E-state index contributed by atoms with van der Waals surface area (Å²) in [4.78, 5) is 26.4. The number of carbonyl (C=O) groups is 2. The van der Waals surface area contributed by atoms with Crippen LogP contribution >= 0.6 is 0 Å². The van der Waals surface area contributed by atoms with Crippen molar-refractivity contribution in [1.29, 1.82) is 0 Å². The number of rotatable bonds is 8. The van der Waals surface area contributed by atoms with E-state index in [0.29, 0.717) is 24.5 Å². The van der Waals surface area contributed by atoms with Gasteiger partial charge in [-0.2, -0.15) is 0 Å². The second-order valence-electron chi connectivity index (χ2n) is 6.30. The molecule has 0 saturated carbocycles. The zero-order valence-electron chi connectivity index (χ0n) is 15.2. The molecule has 138 valence electrons. The smallest absolute Gasteiger partial charge is 0.255 e. The second kappa shape index (κ2) is 10.0. The summed E-state index contributed by atoms with van der Waals surface area (Å²) >= 11 is 0. The van der Waals surface area contributed by atoms with Crippen LogP contribution in [0.3, 0.4) is 0 Å². The lowest BCUT2D eigenvalue weighted by atomic mass is 10.0. The van der Waals surface area contributed by atoms with E-state index in [1.807, 2.05) is 32.0 Å². The highest BCUT2D eigenvalue weighted by molar-refractivity contribution is 5.97. The topological polar surface area (TPSA) is 70.7 Å². The molecule has 1 saturated heterocycles. The predicted molar refractivity (Wildman–Crippen MR) is 97.8 cm³/mol. The van der Waals surface area contributed by atoms with Gasteiger partial charge in [0.05, 0.1) is 18.7 Å². The molecule has 6 nitrogen and oxygen atoms in total. The molecule has 0 spiro atoms. The summed E-state index contributed by atoms with van der Waals surface area (Å²) in [6, 6.07) is 7.44. The first-order valence-electron chi connectivity index (χ1n) is 9.15. The molecule has 2 rings (SSSR count). The Morgan fingerprint density at radius 2 is 1.92 bits per heavy atom. The Balaban J connectivity index is 1.80. The van der Waals surface area contributed by atoms with Crippen molar-refractivity contribution < 1.29 is 14.3 Å². The minimum absolute atomic E-state index is 0.0787. The SMILES string of the molecule is CCCNC(=O)CN1CCC(NC(=O)c2ccccc2OCC)CC1. The molecule has 0 atom stereocenters. The fourth-order valence-corrected chi connectivity index (χ4v) is 2.96. The molecule has 2 amide bonds. The molecular formula is C19H29N3O3. The summed E-state index contributed by atoms with van der Waals surface area (Å²) in [7, 11) is 0. The van der Waals surface area contributed by atoms with Gasteiger partial charge in [0, 0.05) is 25.7 Å². The Kier molecular flexibility index (Phi) is 7.73. The van der Waals surface area contributed by atoms with Gasteiger partial charge in [0.2, 0.25) is 5.91 Å². The fraction of sp³-hybridized carbons (Fsp3) is 0.579.